The largest absolute Gasteiger partial charge is 1.00 e. The topological polar surface area (TPSA) is 122 Å². The first-order chi connectivity index (χ1) is 13.4. The first-order valence-corrected chi connectivity index (χ1v) is 10.3. The molecule has 0 aromatic carbocycles. The molecule has 1 N–H and O–H groups in total. The van der Waals surface area contributed by atoms with Gasteiger partial charge in [-0.15, -0.1) is 0 Å². The van der Waals surface area contributed by atoms with Crippen LogP contribution in [-0.2, 0) is 28.9 Å². The van der Waals surface area contributed by atoms with Crippen LogP contribution in [0.15, 0.2) is 0 Å². The third-order valence-electron chi connectivity index (χ3n) is 4.28. The van der Waals surface area contributed by atoms with Crippen molar-refractivity contribution in [2.75, 3.05) is 13.2 Å². The fourth-order valence-electron chi connectivity index (χ4n) is 2.67. The van der Waals surface area contributed by atoms with Gasteiger partial charge in [0, 0.05) is 0 Å². The zero-order valence-electron chi connectivity index (χ0n) is 18.2. The number of carboxylic acids is 1. The molecule has 0 fully saturated rings. The molecule has 0 rings (SSSR count). The average molecular weight is 426 g/mol. The quantitative estimate of drug-likeness (QED) is 0.0995. The number of carbonyl (C=O) groups is 3. The molecule has 0 aliphatic carbocycles. The SMILES string of the molecule is CCCCCCCCCCCCOC(=O)CC(O)(CC(=O)OOCC)C(=O)[O-].[Na+]. The molecule has 0 aliphatic rings. The summed E-state index contributed by atoms with van der Waals surface area (Å²) in [4.78, 5) is 42.9. The summed E-state index contributed by atoms with van der Waals surface area (Å²) < 4.78 is 4.95. The molecule has 0 saturated heterocycles. The molecular formula is C20H35NaO8. The Morgan fingerprint density at radius 2 is 1.31 bits per heavy atom. The Hall–Kier alpha value is -0.670. The van der Waals surface area contributed by atoms with E-state index in [2.05, 4.69) is 16.7 Å². The number of carbonyl (C=O) groups excluding carboxylic acids is 3. The first kappa shape index (κ1) is 30.5. The Balaban J connectivity index is 0. The number of rotatable bonds is 18. The van der Waals surface area contributed by atoms with Gasteiger partial charge in [0.1, 0.15) is 5.60 Å². The molecule has 1 unspecified atom stereocenters. The van der Waals surface area contributed by atoms with Crippen molar-refractivity contribution in [1.82, 2.24) is 0 Å². The summed E-state index contributed by atoms with van der Waals surface area (Å²) in [5.41, 5.74) is -2.69. The predicted molar refractivity (Wildman–Crippen MR) is 99.7 cm³/mol. The fourth-order valence-corrected chi connectivity index (χ4v) is 2.67. The van der Waals surface area contributed by atoms with E-state index in [1.54, 1.807) is 6.92 Å². The van der Waals surface area contributed by atoms with Crippen molar-refractivity contribution in [3.63, 3.8) is 0 Å². The van der Waals surface area contributed by atoms with Gasteiger partial charge < -0.3 is 19.7 Å². The molecule has 0 bridgehead atoms. The molecule has 0 aliphatic heterocycles. The van der Waals surface area contributed by atoms with Crippen molar-refractivity contribution >= 4 is 17.9 Å². The van der Waals surface area contributed by atoms with Gasteiger partial charge in [-0.05, 0) is 13.3 Å². The van der Waals surface area contributed by atoms with Gasteiger partial charge in [0.05, 0.1) is 32.0 Å². The second-order valence-electron chi connectivity index (χ2n) is 6.94. The Kier molecular flexibility index (Phi) is 20.3. The Morgan fingerprint density at radius 1 is 0.828 bits per heavy atom. The van der Waals surface area contributed by atoms with Gasteiger partial charge in [0.15, 0.2) is 0 Å². The van der Waals surface area contributed by atoms with Crippen molar-refractivity contribution in [2.45, 2.75) is 96.5 Å². The zero-order chi connectivity index (χ0) is 21.3. The number of hydrogen-bond acceptors (Lipinski definition) is 8. The van der Waals surface area contributed by atoms with Crippen LogP contribution in [0, 0.1) is 0 Å². The van der Waals surface area contributed by atoms with Crippen molar-refractivity contribution in [2.24, 2.45) is 0 Å². The molecule has 0 saturated carbocycles. The third-order valence-corrected chi connectivity index (χ3v) is 4.28. The minimum Gasteiger partial charge on any atom is -0.547 e. The molecule has 0 radical (unpaired) electrons. The second-order valence-corrected chi connectivity index (χ2v) is 6.94. The van der Waals surface area contributed by atoms with Crippen molar-refractivity contribution < 1.29 is 68.7 Å². The molecule has 9 heteroatoms. The number of hydrogen-bond donors (Lipinski definition) is 1. The van der Waals surface area contributed by atoms with Gasteiger partial charge >= 0.3 is 41.5 Å². The maximum atomic E-state index is 11.8. The molecule has 0 aromatic rings. The summed E-state index contributed by atoms with van der Waals surface area (Å²) in [5.74, 6) is -3.97. The Bertz CT molecular complexity index is 458. The fraction of sp³-hybridized carbons (Fsp3) is 0.850. The van der Waals surface area contributed by atoms with E-state index < -0.39 is 36.4 Å². The number of unbranched alkanes of at least 4 members (excludes halogenated alkanes) is 9. The van der Waals surface area contributed by atoms with Gasteiger partial charge in [-0.2, -0.15) is 4.89 Å². The van der Waals surface area contributed by atoms with E-state index in [4.69, 9.17) is 4.74 Å². The van der Waals surface area contributed by atoms with Crippen molar-refractivity contribution in [3.8, 4) is 0 Å². The summed E-state index contributed by atoms with van der Waals surface area (Å²) in [6.45, 7) is 3.96. The van der Waals surface area contributed by atoms with Crippen LogP contribution in [0.1, 0.15) is 90.9 Å². The average Bonchev–Trinajstić information content (AvgIpc) is 2.64. The van der Waals surface area contributed by atoms with Crippen LogP contribution < -0.4 is 34.7 Å². The molecule has 8 nitrogen and oxygen atoms in total. The molecular weight excluding hydrogens is 391 g/mol. The number of esters is 1. The monoisotopic (exact) mass is 426 g/mol. The molecule has 0 amide bonds. The summed E-state index contributed by atoms with van der Waals surface area (Å²) >= 11 is 0. The maximum absolute atomic E-state index is 11.8. The van der Waals surface area contributed by atoms with Crippen LogP contribution in [0.3, 0.4) is 0 Å². The molecule has 164 valence electrons. The Morgan fingerprint density at radius 3 is 1.79 bits per heavy atom. The maximum Gasteiger partial charge on any atom is 1.00 e. The second kappa shape index (κ2) is 19.3. The first-order valence-electron chi connectivity index (χ1n) is 10.3. The molecule has 1 atom stereocenters. The summed E-state index contributed by atoms with van der Waals surface area (Å²) in [6, 6.07) is 0. The van der Waals surface area contributed by atoms with Crippen LogP contribution >= 0.6 is 0 Å². The third kappa shape index (κ3) is 16.8. The van der Waals surface area contributed by atoms with Gasteiger partial charge in [0.25, 0.3) is 0 Å². The minimum absolute atomic E-state index is 0. The van der Waals surface area contributed by atoms with Crippen LogP contribution in [-0.4, -0.2) is 41.8 Å². The number of aliphatic hydroxyl groups is 1. The van der Waals surface area contributed by atoms with Gasteiger partial charge in [-0.1, -0.05) is 64.7 Å². The van der Waals surface area contributed by atoms with Crippen LogP contribution in [0.2, 0.25) is 0 Å². The summed E-state index contributed by atoms with van der Waals surface area (Å²) in [7, 11) is 0. The zero-order valence-corrected chi connectivity index (χ0v) is 20.2. The van der Waals surface area contributed by atoms with E-state index in [0.29, 0.717) is 6.42 Å². The number of ether oxygens (including phenoxy) is 1. The number of aliphatic carboxylic acids is 1. The van der Waals surface area contributed by atoms with E-state index >= 15 is 0 Å². The standard InChI is InChI=1S/C20H36O8.Na/c1-3-5-6-7-8-9-10-11-12-13-14-26-17(21)15-20(25,19(23)24)16-18(22)28-27-4-2;/h25H,3-16H2,1-2H3,(H,23,24);/q;+1/p-1. The van der Waals surface area contributed by atoms with Crippen molar-refractivity contribution in [1.29, 1.82) is 0 Å². The van der Waals surface area contributed by atoms with Gasteiger partial charge in [0.2, 0.25) is 0 Å². The van der Waals surface area contributed by atoms with E-state index in [0.717, 1.165) is 19.3 Å². The molecule has 29 heavy (non-hydrogen) atoms. The minimum atomic E-state index is -2.69. The summed E-state index contributed by atoms with van der Waals surface area (Å²) in [6.07, 6.45) is 9.50. The van der Waals surface area contributed by atoms with E-state index in [1.807, 2.05) is 0 Å². The van der Waals surface area contributed by atoms with Gasteiger partial charge in [-0.25, -0.2) is 4.79 Å². The summed E-state index contributed by atoms with van der Waals surface area (Å²) in [5, 5.41) is 21.1. The van der Waals surface area contributed by atoms with Crippen LogP contribution in [0.4, 0.5) is 0 Å². The predicted octanol–water partition coefficient (Wildman–Crippen LogP) is -0.790. The van der Waals surface area contributed by atoms with Crippen LogP contribution in [0.25, 0.3) is 0 Å². The van der Waals surface area contributed by atoms with Gasteiger partial charge in [-0.3, -0.25) is 9.68 Å². The smallest absolute Gasteiger partial charge is 0.547 e. The molecule has 0 heterocycles. The van der Waals surface area contributed by atoms with E-state index in [1.165, 1.54) is 38.5 Å². The van der Waals surface area contributed by atoms with Crippen molar-refractivity contribution in [3.05, 3.63) is 0 Å². The number of carboxylic acid groups (broad SMARTS) is 1. The van der Waals surface area contributed by atoms with E-state index in [-0.39, 0.29) is 42.8 Å². The normalized spacial score (nSPS) is 12.5. The Labute approximate surface area is 195 Å². The van der Waals surface area contributed by atoms with Crippen LogP contribution in [0.5, 0.6) is 0 Å². The molecule has 0 spiro atoms. The molecule has 0 aromatic heterocycles. The van der Waals surface area contributed by atoms with E-state index in [9.17, 15) is 24.6 Å².